The number of ether oxygens (including phenoxy) is 1. The third kappa shape index (κ3) is 1.76. The van der Waals surface area contributed by atoms with Crippen LogP contribution >= 0.6 is 11.6 Å². The molecule has 1 aromatic rings. The molecule has 0 amide bonds. The smallest absolute Gasteiger partial charge is 0.155 e. The summed E-state index contributed by atoms with van der Waals surface area (Å²) in [5.41, 5.74) is 1.47. The molecular formula is C10H10ClNO. The fraction of sp³-hybridized carbons (Fsp3) is 0.300. The van der Waals surface area contributed by atoms with Gasteiger partial charge in [0.1, 0.15) is 6.07 Å². The van der Waals surface area contributed by atoms with Crippen molar-refractivity contribution in [3.63, 3.8) is 0 Å². The molecule has 1 rings (SSSR count). The van der Waals surface area contributed by atoms with Gasteiger partial charge in [0.25, 0.3) is 0 Å². The highest BCUT2D eigenvalue weighted by atomic mass is 35.5. The van der Waals surface area contributed by atoms with Gasteiger partial charge in [-0.25, -0.2) is 0 Å². The molecule has 1 aromatic carbocycles. The highest BCUT2D eigenvalue weighted by Gasteiger charge is 2.10. The molecule has 0 radical (unpaired) electrons. The van der Waals surface area contributed by atoms with E-state index in [1.807, 2.05) is 19.1 Å². The first-order chi connectivity index (χ1) is 6.24. The minimum atomic E-state index is 0.475. The van der Waals surface area contributed by atoms with Crippen LogP contribution in [0.3, 0.4) is 0 Å². The Balaban J connectivity index is 3.34. The van der Waals surface area contributed by atoms with Gasteiger partial charge < -0.3 is 4.74 Å². The summed E-state index contributed by atoms with van der Waals surface area (Å²) in [5, 5.41) is 9.29. The Morgan fingerprint density at radius 2 is 2.23 bits per heavy atom. The van der Waals surface area contributed by atoms with Crippen molar-refractivity contribution in [1.82, 2.24) is 0 Å². The quantitative estimate of drug-likeness (QED) is 0.727. The topological polar surface area (TPSA) is 33.0 Å². The van der Waals surface area contributed by atoms with Gasteiger partial charge in [0, 0.05) is 0 Å². The van der Waals surface area contributed by atoms with Gasteiger partial charge in [-0.05, 0) is 18.1 Å². The maximum absolute atomic E-state index is 8.75. The van der Waals surface area contributed by atoms with Gasteiger partial charge in [-0.2, -0.15) is 5.26 Å². The Kier molecular flexibility index (Phi) is 3.16. The largest absolute Gasteiger partial charge is 0.494 e. The van der Waals surface area contributed by atoms with E-state index in [4.69, 9.17) is 21.6 Å². The zero-order chi connectivity index (χ0) is 9.84. The lowest BCUT2D eigenvalue weighted by atomic mass is 10.1. The van der Waals surface area contributed by atoms with Crippen molar-refractivity contribution in [2.75, 3.05) is 7.11 Å². The fourth-order valence-corrected chi connectivity index (χ4v) is 1.53. The number of hydrogen-bond acceptors (Lipinski definition) is 2. The summed E-state index contributed by atoms with van der Waals surface area (Å²) in [7, 11) is 1.52. The van der Waals surface area contributed by atoms with Crippen LogP contribution in [0.15, 0.2) is 12.1 Å². The monoisotopic (exact) mass is 195 g/mol. The van der Waals surface area contributed by atoms with Crippen LogP contribution in [-0.4, -0.2) is 7.11 Å². The normalized spacial score (nSPS) is 9.38. The molecule has 0 aliphatic carbocycles. The van der Waals surface area contributed by atoms with Crippen LogP contribution < -0.4 is 4.74 Å². The Hall–Kier alpha value is -1.20. The molecule has 0 aliphatic rings. The van der Waals surface area contributed by atoms with Crippen molar-refractivity contribution >= 4 is 11.6 Å². The van der Waals surface area contributed by atoms with E-state index in [0.717, 1.165) is 12.0 Å². The molecule has 0 saturated heterocycles. The van der Waals surface area contributed by atoms with E-state index in [-0.39, 0.29) is 0 Å². The van der Waals surface area contributed by atoms with Crippen LogP contribution in [0.1, 0.15) is 18.1 Å². The number of rotatable bonds is 2. The predicted octanol–water partition coefficient (Wildman–Crippen LogP) is 2.78. The molecule has 0 atom stereocenters. The number of benzene rings is 1. The lowest BCUT2D eigenvalue weighted by Crippen LogP contribution is -1.92. The molecule has 68 valence electrons. The molecule has 0 unspecified atom stereocenters. The predicted molar refractivity (Wildman–Crippen MR) is 52.1 cm³/mol. The Morgan fingerprint density at radius 3 is 2.69 bits per heavy atom. The molecule has 0 saturated carbocycles. The average Bonchev–Trinajstić information content (AvgIpc) is 2.17. The summed E-state index contributed by atoms with van der Waals surface area (Å²) < 4.78 is 5.06. The van der Waals surface area contributed by atoms with Gasteiger partial charge in [-0.1, -0.05) is 24.6 Å². The van der Waals surface area contributed by atoms with E-state index in [0.29, 0.717) is 16.3 Å². The van der Waals surface area contributed by atoms with E-state index in [9.17, 15) is 0 Å². The van der Waals surface area contributed by atoms with E-state index < -0.39 is 0 Å². The van der Waals surface area contributed by atoms with Crippen LogP contribution in [0.4, 0.5) is 0 Å². The number of halogens is 1. The third-order valence-electron chi connectivity index (χ3n) is 1.88. The number of methoxy groups -OCH3 is 1. The molecule has 3 heteroatoms. The second-order valence-corrected chi connectivity index (χ2v) is 2.96. The second kappa shape index (κ2) is 4.15. The summed E-state index contributed by atoms with van der Waals surface area (Å²) in [4.78, 5) is 0. The van der Waals surface area contributed by atoms with Crippen molar-refractivity contribution in [3.05, 3.63) is 28.3 Å². The standard InChI is InChI=1S/C10H10ClNO/c1-3-7-4-5-8(6-12)10(13-2)9(7)11/h4-5H,3H2,1-2H3. The van der Waals surface area contributed by atoms with Gasteiger partial charge >= 0.3 is 0 Å². The highest BCUT2D eigenvalue weighted by Crippen LogP contribution is 2.31. The first-order valence-electron chi connectivity index (χ1n) is 4.00. The minimum absolute atomic E-state index is 0.475. The van der Waals surface area contributed by atoms with Crippen LogP contribution in [0.2, 0.25) is 5.02 Å². The zero-order valence-corrected chi connectivity index (χ0v) is 8.35. The first kappa shape index (κ1) is 9.88. The third-order valence-corrected chi connectivity index (χ3v) is 2.30. The first-order valence-corrected chi connectivity index (χ1v) is 4.37. The molecule has 0 aliphatic heterocycles. The Morgan fingerprint density at radius 1 is 1.54 bits per heavy atom. The fourth-order valence-electron chi connectivity index (χ4n) is 1.16. The Bertz CT molecular complexity index is 355. The van der Waals surface area contributed by atoms with Gasteiger partial charge in [0.05, 0.1) is 17.7 Å². The molecule has 0 fully saturated rings. The summed E-state index contributed by atoms with van der Waals surface area (Å²) in [6.07, 6.45) is 0.834. The van der Waals surface area contributed by atoms with Gasteiger partial charge in [-0.3, -0.25) is 0 Å². The van der Waals surface area contributed by atoms with Crippen LogP contribution in [-0.2, 0) is 6.42 Å². The minimum Gasteiger partial charge on any atom is -0.494 e. The van der Waals surface area contributed by atoms with E-state index in [1.54, 1.807) is 6.07 Å². The molecule has 0 heterocycles. The van der Waals surface area contributed by atoms with Crippen molar-refractivity contribution in [2.45, 2.75) is 13.3 Å². The number of hydrogen-bond donors (Lipinski definition) is 0. The second-order valence-electron chi connectivity index (χ2n) is 2.58. The van der Waals surface area contributed by atoms with Crippen molar-refractivity contribution in [3.8, 4) is 11.8 Å². The maximum atomic E-state index is 8.75. The van der Waals surface area contributed by atoms with Gasteiger partial charge in [-0.15, -0.1) is 0 Å². The van der Waals surface area contributed by atoms with Crippen LogP contribution in [0.5, 0.6) is 5.75 Å². The van der Waals surface area contributed by atoms with E-state index in [1.165, 1.54) is 7.11 Å². The SMILES string of the molecule is CCc1ccc(C#N)c(OC)c1Cl. The highest BCUT2D eigenvalue weighted by molar-refractivity contribution is 6.33. The van der Waals surface area contributed by atoms with Crippen LogP contribution in [0.25, 0.3) is 0 Å². The van der Waals surface area contributed by atoms with Gasteiger partial charge in [0.15, 0.2) is 5.75 Å². The maximum Gasteiger partial charge on any atom is 0.155 e. The molecule has 13 heavy (non-hydrogen) atoms. The van der Waals surface area contributed by atoms with E-state index in [2.05, 4.69) is 0 Å². The van der Waals surface area contributed by atoms with Crippen molar-refractivity contribution in [2.24, 2.45) is 0 Å². The van der Waals surface area contributed by atoms with Gasteiger partial charge in [0.2, 0.25) is 0 Å². The summed E-state index contributed by atoms with van der Waals surface area (Å²) in [6.45, 7) is 2.01. The molecule has 2 nitrogen and oxygen atoms in total. The molecule has 0 bridgehead atoms. The van der Waals surface area contributed by atoms with Crippen molar-refractivity contribution in [1.29, 1.82) is 5.26 Å². The van der Waals surface area contributed by atoms with E-state index >= 15 is 0 Å². The average molecular weight is 196 g/mol. The number of nitriles is 1. The molecule has 0 aromatic heterocycles. The zero-order valence-electron chi connectivity index (χ0n) is 7.60. The van der Waals surface area contributed by atoms with Crippen molar-refractivity contribution < 1.29 is 4.74 Å². The number of aryl methyl sites for hydroxylation is 1. The lowest BCUT2D eigenvalue weighted by molar-refractivity contribution is 0.413. The molecule has 0 N–H and O–H groups in total. The van der Waals surface area contributed by atoms with Crippen LogP contribution in [0, 0.1) is 11.3 Å². The lowest BCUT2D eigenvalue weighted by Gasteiger charge is -2.08. The summed E-state index contributed by atoms with van der Waals surface area (Å²) >= 11 is 6.02. The molecule has 0 spiro atoms. The molecular weight excluding hydrogens is 186 g/mol. The number of nitrogens with zero attached hydrogens (tertiary/aromatic N) is 1. The Labute approximate surface area is 82.7 Å². The summed E-state index contributed by atoms with van der Waals surface area (Å²) in [5.74, 6) is 0.475. The summed E-state index contributed by atoms with van der Waals surface area (Å²) in [6, 6.07) is 5.61.